The van der Waals surface area contributed by atoms with E-state index in [1.807, 2.05) is 42.5 Å². The smallest absolute Gasteiger partial charge is 0.218 e. The summed E-state index contributed by atoms with van der Waals surface area (Å²) in [6, 6.07) is 13.6. The van der Waals surface area contributed by atoms with Gasteiger partial charge in [0.15, 0.2) is 7.26 Å². The number of aromatic nitrogens is 6. The van der Waals surface area contributed by atoms with E-state index in [0.717, 1.165) is 16.2 Å². The molecule has 0 saturated carbocycles. The molecule has 0 aliphatic carbocycles. The lowest BCUT2D eigenvalue weighted by Gasteiger charge is -2.23. The average molecular weight is 358 g/mol. The zero-order valence-electron chi connectivity index (χ0n) is 13.4. The number of rotatable bonds is 8. The molecule has 9 heteroatoms. The van der Waals surface area contributed by atoms with Gasteiger partial charge in [0.2, 0.25) is 10.9 Å². The highest BCUT2D eigenvalue weighted by Crippen LogP contribution is 2.53. The van der Waals surface area contributed by atoms with Gasteiger partial charge in [0.1, 0.15) is 18.1 Å². The number of nitrogens with zero attached hydrogens (tertiary/aromatic N) is 6. The molecule has 128 valence electrons. The monoisotopic (exact) mass is 358 g/mol. The summed E-state index contributed by atoms with van der Waals surface area (Å²) in [6.07, 6.45) is 3.82. The Balaban J connectivity index is 2.13. The third kappa shape index (κ3) is 3.81. The number of hydrogen-bond acceptors (Lipinski definition) is 7. The van der Waals surface area contributed by atoms with Crippen LogP contribution < -0.4 is 16.2 Å². The molecule has 0 spiro atoms. The van der Waals surface area contributed by atoms with E-state index in [0.29, 0.717) is 12.8 Å². The first-order valence-corrected chi connectivity index (χ1v) is 9.72. The summed E-state index contributed by atoms with van der Waals surface area (Å²) in [4.78, 5) is 0. The molecule has 3 aromatic rings. The number of alkyl halides is 1. The van der Waals surface area contributed by atoms with Gasteiger partial charge in [-0.05, 0) is 22.6 Å². The Morgan fingerprint density at radius 2 is 1.48 bits per heavy atom. The fourth-order valence-electron chi connectivity index (χ4n) is 2.66. The average Bonchev–Trinajstić information content (AvgIpc) is 2.70. The maximum absolute atomic E-state index is 12.4. The van der Waals surface area contributed by atoms with E-state index in [1.165, 1.54) is 0 Å². The van der Waals surface area contributed by atoms with Crippen molar-refractivity contribution in [2.75, 3.05) is 26.1 Å². The molecule has 0 amide bonds. The molecule has 0 unspecified atom stereocenters. The summed E-state index contributed by atoms with van der Waals surface area (Å²) in [5.74, 6) is 0. The maximum atomic E-state index is 12.4. The normalized spacial score (nSPS) is 11.4. The lowest BCUT2D eigenvalue weighted by Crippen LogP contribution is -2.38. The van der Waals surface area contributed by atoms with Crippen LogP contribution in [0.3, 0.4) is 0 Å². The van der Waals surface area contributed by atoms with Crippen LogP contribution in [-0.4, -0.2) is 56.9 Å². The van der Waals surface area contributed by atoms with Crippen molar-refractivity contribution in [3.8, 4) is 0 Å². The predicted octanol–water partition coefficient (Wildman–Crippen LogP) is 0.337. The SMILES string of the molecule is [18F]CCOCC[P+](c1ccccc1)(c1ccnnn1)c1ccnnn1. The molecule has 3 rings (SSSR count). The fourth-order valence-corrected chi connectivity index (χ4v) is 6.25. The van der Waals surface area contributed by atoms with Crippen LogP contribution in [0.15, 0.2) is 54.9 Å². The summed E-state index contributed by atoms with van der Waals surface area (Å²) in [7, 11) is -2.27. The second-order valence-electron chi connectivity index (χ2n) is 5.13. The Hall–Kier alpha value is -2.44. The highest BCUT2D eigenvalue weighted by atomic mass is 31.2. The summed E-state index contributed by atoms with van der Waals surface area (Å²) >= 11 is 0. The van der Waals surface area contributed by atoms with E-state index in [-0.39, 0.29) is 6.61 Å². The van der Waals surface area contributed by atoms with Crippen LogP contribution >= 0.6 is 7.26 Å². The molecule has 0 fully saturated rings. The Bertz CT molecular complexity index is 669. The first-order chi connectivity index (χ1) is 12.4. The van der Waals surface area contributed by atoms with E-state index in [9.17, 15) is 4.39 Å². The van der Waals surface area contributed by atoms with Gasteiger partial charge in [-0.3, -0.25) is 0 Å². The van der Waals surface area contributed by atoms with Crippen molar-refractivity contribution in [3.63, 3.8) is 0 Å². The van der Waals surface area contributed by atoms with E-state index in [4.69, 9.17) is 4.74 Å². The van der Waals surface area contributed by atoms with E-state index >= 15 is 0 Å². The van der Waals surface area contributed by atoms with Gasteiger partial charge >= 0.3 is 0 Å². The molecule has 0 atom stereocenters. The van der Waals surface area contributed by atoms with Gasteiger partial charge in [-0.15, -0.1) is 10.2 Å². The van der Waals surface area contributed by atoms with E-state index < -0.39 is 13.9 Å². The lowest BCUT2D eigenvalue weighted by atomic mass is 10.4. The van der Waals surface area contributed by atoms with Crippen LogP contribution in [0.4, 0.5) is 4.39 Å². The standard InChI is InChI=1S/C16H17FN6OP/c17-8-11-24-12-13-25(14-4-2-1-3-5-14,15-6-9-18-22-20-15)16-7-10-19-23-21-16/h1-7,9-10H,8,11-13H2/q+1/i17-1. The number of halogens is 1. The second kappa shape index (κ2) is 8.60. The van der Waals surface area contributed by atoms with Crippen LogP contribution in [0, 0.1) is 0 Å². The molecule has 2 heterocycles. The Labute approximate surface area is 145 Å². The van der Waals surface area contributed by atoms with Crippen molar-refractivity contribution in [2.45, 2.75) is 0 Å². The maximum Gasteiger partial charge on any atom is 0.218 e. The zero-order chi connectivity index (χ0) is 17.4. The van der Waals surface area contributed by atoms with Crippen molar-refractivity contribution >= 4 is 23.4 Å². The first kappa shape index (κ1) is 17.4. The van der Waals surface area contributed by atoms with Gasteiger partial charge in [-0.25, -0.2) is 4.39 Å². The largest absolute Gasteiger partial charge is 0.375 e. The van der Waals surface area contributed by atoms with E-state index in [2.05, 4.69) is 30.8 Å². The predicted molar refractivity (Wildman–Crippen MR) is 93.6 cm³/mol. The highest BCUT2D eigenvalue weighted by Gasteiger charge is 2.49. The minimum atomic E-state index is -2.27. The van der Waals surface area contributed by atoms with Gasteiger partial charge in [-0.2, -0.15) is 0 Å². The molecule has 0 saturated heterocycles. The molecule has 0 radical (unpaired) electrons. The van der Waals surface area contributed by atoms with E-state index in [1.54, 1.807) is 12.4 Å². The minimum absolute atomic E-state index is 0.0683. The van der Waals surface area contributed by atoms with Crippen LogP contribution in [-0.2, 0) is 4.74 Å². The van der Waals surface area contributed by atoms with Crippen molar-refractivity contribution in [1.29, 1.82) is 0 Å². The van der Waals surface area contributed by atoms with Crippen molar-refractivity contribution in [2.24, 2.45) is 0 Å². The van der Waals surface area contributed by atoms with Gasteiger partial charge < -0.3 is 4.74 Å². The minimum Gasteiger partial charge on any atom is -0.375 e. The first-order valence-electron chi connectivity index (χ1n) is 7.75. The molecule has 0 bridgehead atoms. The van der Waals surface area contributed by atoms with Crippen LogP contribution in [0.5, 0.6) is 0 Å². The fraction of sp³-hybridized carbons (Fsp3) is 0.250. The van der Waals surface area contributed by atoms with Gasteiger partial charge in [0.05, 0.1) is 25.6 Å². The summed E-state index contributed by atoms with van der Waals surface area (Å²) in [5, 5.41) is 24.8. The Morgan fingerprint density at radius 3 is 2.00 bits per heavy atom. The van der Waals surface area contributed by atoms with Gasteiger partial charge in [0.25, 0.3) is 0 Å². The molecular weight excluding hydrogens is 341 g/mol. The molecule has 2 aromatic heterocycles. The van der Waals surface area contributed by atoms with Gasteiger partial charge in [0, 0.05) is 12.1 Å². The second-order valence-corrected chi connectivity index (χ2v) is 8.63. The Morgan fingerprint density at radius 1 is 0.840 bits per heavy atom. The number of ether oxygens (including phenoxy) is 1. The zero-order valence-corrected chi connectivity index (χ0v) is 14.3. The third-order valence-corrected chi connectivity index (χ3v) is 7.82. The molecule has 7 nitrogen and oxygen atoms in total. The summed E-state index contributed by atoms with van der Waals surface area (Å²) in [5.41, 5.74) is 1.55. The van der Waals surface area contributed by atoms with Crippen LogP contribution in [0.1, 0.15) is 0 Å². The lowest BCUT2D eigenvalue weighted by molar-refractivity contribution is 0.132. The molecular formula is C16H17FN6OP+. The molecule has 0 aliphatic rings. The van der Waals surface area contributed by atoms with Crippen molar-refractivity contribution in [3.05, 3.63) is 54.9 Å². The van der Waals surface area contributed by atoms with Crippen LogP contribution in [0.25, 0.3) is 0 Å². The van der Waals surface area contributed by atoms with Crippen molar-refractivity contribution in [1.82, 2.24) is 30.8 Å². The Kier molecular flexibility index (Phi) is 5.98. The topological polar surface area (TPSA) is 86.6 Å². The molecule has 25 heavy (non-hydrogen) atoms. The summed E-state index contributed by atoms with van der Waals surface area (Å²) < 4.78 is 17.8. The third-order valence-electron chi connectivity index (χ3n) is 3.75. The quantitative estimate of drug-likeness (QED) is 0.424. The van der Waals surface area contributed by atoms with Crippen LogP contribution in [0.2, 0.25) is 0 Å². The van der Waals surface area contributed by atoms with Crippen molar-refractivity contribution < 1.29 is 9.13 Å². The number of hydrogen-bond donors (Lipinski definition) is 0. The summed E-state index contributed by atoms with van der Waals surface area (Å²) in [6.45, 7) is -0.0691. The molecule has 1 aromatic carbocycles. The van der Waals surface area contributed by atoms with Gasteiger partial charge in [-0.1, -0.05) is 28.4 Å². The number of benzene rings is 1. The highest BCUT2D eigenvalue weighted by molar-refractivity contribution is 7.95. The molecule has 0 N–H and O–H groups in total. The molecule has 0 aliphatic heterocycles.